The first-order valence-corrected chi connectivity index (χ1v) is 7.15. The molecule has 2 aromatic rings. The van der Waals surface area contributed by atoms with Crippen molar-refractivity contribution >= 4 is 23.7 Å². The van der Waals surface area contributed by atoms with E-state index in [0.29, 0.717) is 10.6 Å². The number of rotatable bonds is 7. The van der Waals surface area contributed by atoms with Gasteiger partial charge in [-0.1, -0.05) is 30.0 Å². The molecule has 116 valence electrons. The largest absolute Gasteiger partial charge is 0.480 e. The average molecular weight is 322 g/mol. The summed E-state index contributed by atoms with van der Waals surface area (Å²) in [6.07, 6.45) is 0. The second kappa shape index (κ2) is 6.99. The van der Waals surface area contributed by atoms with Gasteiger partial charge in [0.05, 0.1) is 10.6 Å². The van der Waals surface area contributed by atoms with Crippen molar-refractivity contribution in [1.82, 2.24) is 9.78 Å². The lowest BCUT2D eigenvalue weighted by Crippen LogP contribution is -2.12. The molecule has 2 N–H and O–H groups in total. The normalized spacial score (nSPS) is 10.4. The molecule has 0 unspecified atom stereocenters. The van der Waals surface area contributed by atoms with Crippen LogP contribution in [-0.2, 0) is 16.1 Å². The molecular formula is C14H14N2O5S. The number of benzene rings is 1. The molecule has 22 heavy (non-hydrogen) atoms. The molecule has 1 heterocycles. The van der Waals surface area contributed by atoms with Crippen LogP contribution in [-0.4, -0.2) is 38.5 Å². The summed E-state index contributed by atoms with van der Waals surface area (Å²) in [6, 6.07) is 9.40. The fourth-order valence-electron chi connectivity index (χ4n) is 1.73. The van der Waals surface area contributed by atoms with E-state index >= 15 is 0 Å². The molecule has 0 saturated heterocycles. The van der Waals surface area contributed by atoms with Crippen molar-refractivity contribution in [3.63, 3.8) is 0 Å². The van der Waals surface area contributed by atoms with Gasteiger partial charge in [0.15, 0.2) is 6.61 Å². The highest BCUT2D eigenvalue weighted by atomic mass is 32.2. The van der Waals surface area contributed by atoms with E-state index < -0.39 is 18.5 Å². The summed E-state index contributed by atoms with van der Waals surface area (Å²) in [5.74, 6) is -2.04. The number of nitrogens with zero attached hydrogens (tertiary/aromatic N) is 2. The second-order valence-electron chi connectivity index (χ2n) is 4.37. The fraction of sp³-hybridized carbons (Fsp3) is 0.214. The molecule has 0 saturated carbocycles. The topological polar surface area (TPSA) is 102 Å². The molecular weight excluding hydrogens is 308 g/mol. The highest BCUT2D eigenvalue weighted by Gasteiger charge is 2.19. The number of ether oxygens (including phenoxy) is 1. The van der Waals surface area contributed by atoms with Crippen molar-refractivity contribution in [2.24, 2.45) is 0 Å². The van der Waals surface area contributed by atoms with Crippen LogP contribution in [0.25, 0.3) is 0 Å². The monoisotopic (exact) mass is 322 g/mol. The van der Waals surface area contributed by atoms with E-state index in [-0.39, 0.29) is 12.4 Å². The van der Waals surface area contributed by atoms with E-state index in [4.69, 9.17) is 14.9 Å². The third-order valence-corrected chi connectivity index (χ3v) is 3.88. The fourth-order valence-corrected chi connectivity index (χ4v) is 2.70. The van der Waals surface area contributed by atoms with Crippen LogP contribution in [0.15, 0.2) is 40.1 Å². The van der Waals surface area contributed by atoms with Crippen molar-refractivity contribution in [3.05, 3.63) is 36.0 Å². The number of aliphatic carboxylic acids is 2. The molecule has 0 amide bonds. The summed E-state index contributed by atoms with van der Waals surface area (Å²) >= 11 is 1.35. The van der Waals surface area contributed by atoms with Crippen LogP contribution >= 0.6 is 11.8 Å². The van der Waals surface area contributed by atoms with Crippen molar-refractivity contribution in [3.8, 4) is 5.88 Å². The van der Waals surface area contributed by atoms with E-state index in [1.807, 2.05) is 30.3 Å². The van der Waals surface area contributed by atoms with Gasteiger partial charge in [0, 0.05) is 4.90 Å². The van der Waals surface area contributed by atoms with Crippen LogP contribution in [0, 0.1) is 6.92 Å². The number of carboxylic acids is 2. The van der Waals surface area contributed by atoms with Gasteiger partial charge in [-0.25, -0.2) is 4.79 Å². The van der Waals surface area contributed by atoms with Gasteiger partial charge < -0.3 is 14.9 Å². The molecule has 0 aliphatic carbocycles. The number of carbonyl (C=O) groups is 2. The van der Waals surface area contributed by atoms with Gasteiger partial charge in [-0.05, 0) is 19.1 Å². The molecule has 0 radical (unpaired) electrons. The predicted octanol–water partition coefficient (Wildman–Crippen LogP) is 1.89. The summed E-state index contributed by atoms with van der Waals surface area (Å²) in [6.45, 7) is 0.866. The van der Waals surface area contributed by atoms with Gasteiger partial charge in [0.2, 0.25) is 5.88 Å². The van der Waals surface area contributed by atoms with Crippen molar-refractivity contribution in [1.29, 1.82) is 0 Å². The van der Waals surface area contributed by atoms with Crippen LogP contribution in [0.3, 0.4) is 0 Å². The molecule has 8 heteroatoms. The van der Waals surface area contributed by atoms with Crippen molar-refractivity contribution in [2.45, 2.75) is 23.3 Å². The summed E-state index contributed by atoms with van der Waals surface area (Å²) in [4.78, 5) is 23.0. The Kier molecular flexibility index (Phi) is 5.05. The lowest BCUT2D eigenvalue weighted by Gasteiger charge is -2.04. The van der Waals surface area contributed by atoms with Crippen LogP contribution < -0.4 is 4.74 Å². The van der Waals surface area contributed by atoms with E-state index in [0.717, 1.165) is 4.90 Å². The first-order valence-electron chi connectivity index (χ1n) is 6.34. The van der Waals surface area contributed by atoms with Gasteiger partial charge in [-0.2, -0.15) is 0 Å². The molecule has 0 spiro atoms. The molecule has 0 aliphatic rings. The molecule has 7 nitrogen and oxygen atoms in total. The summed E-state index contributed by atoms with van der Waals surface area (Å²) < 4.78 is 6.45. The molecule has 2 rings (SSSR count). The third-order valence-electron chi connectivity index (χ3n) is 2.70. The van der Waals surface area contributed by atoms with Gasteiger partial charge in [-0.3, -0.25) is 9.48 Å². The minimum Gasteiger partial charge on any atom is -0.480 e. The number of aromatic nitrogens is 2. The number of hydrogen-bond donors (Lipinski definition) is 2. The maximum Gasteiger partial charge on any atom is 0.341 e. The van der Waals surface area contributed by atoms with Crippen LogP contribution in [0.4, 0.5) is 0 Å². The number of hydrogen-bond acceptors (Lipinski definition) is 5. The Hall–Kier alpha value is -2.48. The van der Waals surface area contributed by atoms with Gasteiger partial charge >= 0.3 is 11.9 Å². The quantitative estimate of drug-likeness (QED) is 0.802. The Balaban J connectivity index is 2.32. The standard InChI is InChI=1S/C14H14N2O5S/c1-9-13(22-10-5-3-2-4-6-10)14(21-8-12(19)20)15-16(9)7-11(17)18/h2-6H,7-8H2,1H3,(H,17,18)(H,19,20). The van der Waals surface area contributed by atoms with Gasteiger partial charge in [0.1, 0.15) is 6.54 Å². The highest BCUT2D eigenvalue weighted by molar-refractivity contribution is 7.99. The summed E-state index contributed by atoms with van der Waals surface area (Å²) in [5.41, 5.74) is 0.608. The van der Waals surface area contributed by atoms with E-state index in [1.54, 1.807) is 6.92 Å². The molecule has 0 fully saturated rings. The third kappa shape index (κ3) is 4.01. The van der Waals surface area contributed by atoms with Crippen molar-refractivity contribution in [2.75, 3.05) is 6.61 Å². The molecule has 0 atom stereocenters. The Labute approximate surface area is 130 Å². The molecule has 0 bridgehead atoms. The lowest BCUT2D eigenvalue weighted by atomic mass is 10.4. The molecule has 1 aromatic carbocycles. The zero-order valence-corrected chi connectivity index (χ0v) is 12.5. The van der Waals surface area contributed by atoms with Gasteiger partial charge in [-0.15, -0.1) is 5.10 Å². The first kappa shape index (κ1) is 15.9. The van der Waals surface area contributed by atoms with Crippen LogP contribution in [0.5, 0.6) is 5.88 Å². The molecule has 1 aromatic heterocycles. The minimum absolute atomic E-state index is 0.120. The zero-order chi connectivity index (χ0) is 16.1. The Bertz CT molecular complexity index is 684. The van der Waals surface area contributed by atoms with E-state index in [1.165, 1.54) is 16.4 Å². The summed E-state index contributed by atoms with van der Waals surface area (Å²) in [7, 11) is 0. The predicted molar refractivity (Wildman–Crippen MR) is 78.3 cm³/mol. The Morgan fingerprint density at radius 2 is 1.91 bits per heavy atom. The van der Waals surface area contributed by atoms with E-state index in [2.05, 4.69) is 5.10 Å². The average Bonchev–Trinajstić information content (AvgIpc) is 2.74. The van der Waals surface area contributed by atoms with E-state index in [9.17, 15) is 9.59 Å². The SMILES string of the molecule is Cc1c(Sc2ccccc2)c(OCC(=O)O)nn1CC(=O)O. The maximum atomic E-state index is 10.9. The highest BCUT2D eigenvalue weighted by Crippen LogP contribution is 2.37. The smallest absolute Gasteiger partial charge is 0.341 e. The second-order valence-corrected chi connectivity index (χ2v) is 5.45. The maximum absolute atomic E-state index is 10.9. The Morgan fingerprint density at radius 3 is 2.50 bits per heavy atom. The Morgan fingerprint density at radius 1 is 1.23 bits per heavy atom. The zero-order valence-electron chi connectivity index (χ0n) is 11.7. The lowest BCUT2D eigenvalue weighted by molar-refractivity contribution is -0.140. The summed E-state index contributed by atoms with van der Waals surface area (Å²) in [5, 5.41) is 21.7. The first-order chi connectivity index (χ1) is 10.5. The number of carboxylic acid groups (broad SMARTS) is 2. The van der Waals surface area contributed by atoms with Crippen molar-refractivity contribution < 1.29 is 24.5 Å². The minimum atomic E-state index is -1.12. The van der Waals surface area contributed by atoms with Crippen LogP contribution in [0.1, 0.15) is 5.69 Å². The van der Waals surface area contributed by atoms with Gasteiger partial charge in [0.25, 0.3) is 0 Å². The molecule has 0 aliphatic heterocycles. The van der Waals surface area contributed by atoms with Crippen LogP contribution in [0.2, 0.25) is 0 Å².